The molecule has 1 aliphatic heterocycles. The third-order valence-electron chi connectivity index (χ3n) is 5.70. The van der Waals surface area contributed by atoms with Crippen molar-refractivity contribution in [3.8, 4) is 0 Å². The van der Waals surface area contributed by atoms with Crippen LogP contribution in [0.1, 0.15) is 47.4 Å². The van der Waals surface area contributed by atoms with Crippen LogP contribution in [0.3, 0.4) is 0 Å². The molecule has 0 spiro atoms. The van der Waals surface area contributed by atoms with Crippen LogP contribution in [0, 0.1) is 5.41 Å². The van der Waals surface area contributed by atoms with Crippen LogP contribution in [0.5, 0.6) is 0 Å². The summed E-state index contributed by atoms with van der Waals surface area (Å²) in [6, 6.07) is 17.9. The van der Waals surface area contributed by atoms with E-state index in [4.69, 9.17) is 9.73 Å². The van der Waals surface area contributed by atoms with Crippen LogP contribution in [-0.4, -0.2) is 19.0 Å². The van der Waals surface area contributed by atoms with E-state index in [1.807, 2.05) is 0 Å². The lowest BCUT2D eigenvalue weighted by Gasteiger charge is -2.51. The zero-order valence-corrected chi connectivity index (χ0v) is 12.8. The zero-order chi connectivity index (χ0) is 14.7. The van der Waals surface area contributed by atoms with Crippen molar-refractivity contribution in [2.45, 2.75) is 25.2 Å². The maximum absolute atomic E-state index is 5.93. The maximum atomic E-state index is 5.93. The highest BCUT2D eigenvalue weighted by molar-refractivity contribution is 5.87. The SMILES string of the molecule is CC1(C2=NCCO2)CC2c3ccccc3C1c1ccccc12. The second-order valence-electron chi connectivity index (χ2n) is 6.90. The van der Waals surface area contributed by atoms with E-state index >= 15 is 0 Å². The minimum atomic E-state index is -0.0100. The molecule has 1 unspecified atom stereocenters. The van der Waals surface area contributed by atoms with Gasteiger partial charge in [-0.3, -0.25) is 4.99 Å². The van der Waals surface area contributed by atoms with Crippen molar-refractivity contribution < 1.29 is 4.74 Å². The average Bonchev–Trinajstić information content (AvgIpc) is 3.10. The van der Waals surface area contributed by atoms with Gasteiger partial charge in [0.05, 0.1) is 12.0 Å². The first-order chi connectivity index (χ1) is 10.8. The highest BCUT2D eigenvalue weighted by Crippen LogP contribution is 2.61. The lowest BCUT2D eigenvalue weighted by Crippen LogP contribution is -2.44. The number of aliphatic imine (C=N–C) groups is 1. The number of ether oxygens (including phenoxy) is 1. The Morgan fingerprint density at radius 3 is 2.09 bits per heavy atom. The van der Waals surface area contributed by atoms with Crippen LogP contribution in [0.2, 0.25) is 0 Å². The van der Waals surface area contributed by atoms with Gasteiger partial charge >= 0.3 is 0 Å². The number of hydrogen-bond donors (Lipinski definition) is 0. The quantitative estimate of drug-likeness (QED) is 0.774. The third-order valence-corrected chi connectivity index (χ3v) is 5.70. The maximum Gasteiger partial charge on any atom is 0.190 e. The molecular formula is C20H19NO. The van der Waals surface area contributed by atoms with Gasteiger partial charge in [-0.2, -0.15) is 0 Å². The van der Waals surface area contributed by atoms with Gasteiger partial charge in [-0.25, -0.2) is 0 Å². The van der Waals surface area contributed by atoms with Crippen molar-refractivity contribution in [3.05, 3.63) is 70.8 Å². The molecule has 2 bridgehead atoms. The van der Waals surface area contributed by atoms with Gasteiger partial charge in [-0.15, -0.1) is 0 Å². The fourth-order valence-electron chi connectivity index (χ4n) is 4.86. The van der Waals surface area contributed by atoms with Gasteiger partial charge in [-0.05, 0) is 35.6 Å². The van der Waals surface area contributed by atoms with Crippen molar-refractivity contribution in [1.82, 2.24) is 0 Å². The van der Waals surface area contributed by atoms with Crippen molar-refractivity contribution in [2.75, 3.05) is 13.2 Å². The highest BCUT2D eigenvalue weighted by Gasteiger charge is 2.53. The molecule has 3 aliphatic carbocycles. The van der Waals surface area contributed by atoms with Crippen molar-refractivity contribution in [2.24, 2.45) is 10.4 Å². The Kier molecular flexibility index (Phi) is 2.39. The van der Waals surface area contributed by atoms with Crippen LogP contribution in [-0.2, 0) is 4.74 Å². The molecule has 2 aromatic rings. The lowest BCUT2D eigenvalue weighted by atomic mass is 9.52. The predicted octanol–water partition coefficient (Wildman–Crippen LogP) is 4.10. The Morgan fingerprint density at radius 2 is 1.55 bits per heavy atom. The third kappa shape index (κ3) is 1.43. The van der Waals surface area contributed by atoms with E-state index in [2.05, 4.69) is 55.5 Å². The number of rotatable bonds is 1. The van der Waals surface area contributed by atoms with E-state index in [1.54, 1.807) is 0 Å². The fraction of sp³-hybridized carbons (Fsp3) is 0.350. The molecule has 0 saturated heterocycles. The number of fused-ring (bicyclic) bond motifs is 1. The van der Waals surface area contributed by atoms with Gasteiger partial charge in [0.1, 0.15) is 6.61 Å². The molecule has 6 rings (SSSR count). The average molecular weight is 289 g/mol. The van der Waals surface area contributed by atoms with E-state index in [1.165, 1.54) is 22.3 Å². The molecule has 2 aromatic carbocycles. The predicted molar refractivity (Wildman–Crippen MR) is 87.5 cm³/mol. The molecule has 0 fully saturated rings. The minimum Gasteiger partial charge on any atom is -0.479 e. The lowest BCUT2D eigenvalue weighted by molar-refractivity contribution is 0.228. The molecule has 4 aliphatic rings. The standard InChI is InChI=1S/C20H19NO/c1-20(19-21-10-11-22-19)12-17-13-6-2-4-8-15(13)18(20)16-9-5-3-7-14(16)17/h2-9,17-18H,10-12H2,1H3. The molecule has 0 N–H and O–H groups in total. The van der Waals surface area contributed by atoms with Gasteiger partial charge in [0.15, 0.2) is 5.90 Å². The minimum absolute atomic E-state index is 0.0100. The van der Waals surface area contributed by atoms with E-state index in [-0.39, 0.29) is 5.41 Å². The molecule has 1 heterocycles. The normalized spacial score (nSPS) is 31.2. The molecular weight excluding hydrogens is 270 g/mol. The topological polar surface area (TPSA) is 21.6 Å². The number of nitrogens with zero attached hydrogens (tertiary/aromatic N) is 1. The number of benzene rings is 2. The summed E-state index contributed by atoms with van der Waals surface area (Å²) in [4.78, 5) is 4.69. The van der Waals surface area contributed by atoms with Crippen LogP contribution in [0.25, 0.3) is 0 Å². The van der Waals surface area contributed by atoms with Gasteiger partial charge in [0, 0.05) is 11.8 Å². The molecule has 2 heteroatoms. The van der Waals surface area contributed by atoms with Gasteiger partial charge in [0.2, 0.25) is 0 Å². The summed E-state index contributed by atoms with van der Waals surface area (Å²) < 4.78 is 5.93. The second-order valence-corrected chi connectivity index (χ2v) is 6.90. The molecule has 110 valence electrons. The van der Waals surface area contributed by atoms with Crippen LogP contribution >= 0.6 is 0 Å². The summed E-state index contributed by atoms with van der Waals surface area (Å²) in [5, 5.41) is 0. The largest absolute Gasteiger partial charge is 0.479 e. The molecule has 0 aromatic heterocycles. The molecule has 0 saturated carbocycles. The van der Waals surface area contributed by atoms with E-state index < -0.39 is 0 Å². The van der Waals surface area contributed by atoms with E-state index in [0.717, 1.165) is 25.5 Å². The Bertz CT molecular complexity index is 746. The summed E-state index contributed by atoms with van der Waals surface area (Å²) in [6.45, 7) is 3.90. The Balaban J connectivity index is 1.79. The fourth-order valence-corrected chi connectivity index (χ4v) is 4.86. The van der Waals surface area contributed by atoms with Crippen molar-refractivity contribution in [3.63, 3.8) is 0 Å². The summed E-state index contributed by atoms with van der Waals surface area (Å²) in [7, 11) is 0. The Labute approximate surface area is 130 Å². The number of hydrogen-bond acceptors (Lipinski definition) is 2. The first kappa shape index (κ1) is 12.5. The monoisotopic (exact) mass is 289 g/mol. The summed E-state index contributed by atoms with van der Waals surface area (Å²) in [5.41, 5.74) is 5.94. The summed E-state index contributed by atoms with van der Waals surface area (Å²) in [6.07, 6.45) is 1.10. The first-order valence-corrected chi connectivity index (χ1v) is 8.14. The zero-order valence-electron chi connectivity index (χ0n) is 12.8. The molecule has 22 heavy (non-hydrogen) atoms. The van der Waals surface area contributed by atoms with Crippen LogP contribution < -0.4 is 0 Å². The van der Waals surface area contributed by atoms with E-state index in [9.17, 15) is 0 Å². The van der Waals surface area contributed by atoms with Gasteiger partial charge in [-0.1, -0.05) is 48.5 Å². The van der Waals surface area contributed by atoms with Crippen LogP contribution in [0.4, 0.5) is 0 Å². The van der Waals surface area contributed by atoms with Crippen molar-refractivity contribution in [1.29, 1.82) is 0 Å². The summed E-state index contributed by atoms with van der Waals surface area (Å²) in [5.74, 6) is 1.81. The van der Waals surface area contributed by atoms with Crippen molar-refractivity contribution >= 4 is 5.90 Å². The molecule has 1 atom stereocenters. The Morgan fingerprint density at radius 1 is 0.955 bits per heavy atom. The highest BCUT2D eigenvalue weighted by atomic mass is 16.5. The van der Waals surface area contributed by atoms with Gasteiger partial charge in [0.25, 0.3) is 0 Å². The summed E-state index contributed by atoms with van der Waals surface area (Å²) >= 11 is 0. The first-order valence-electron chi connectivity index (χ1n) is 8.14. The molecule has 0 radical (unpaired) electrons. The Hall–Kier alpha value is -2.09. The molecule has 0 amide bonds. The van der Waals surface area contributed by atoms with Gasteiger partial charge < -0.3 is 4.74 Å². The molecule has 2 nitrogen and oxygen atoms in total. The van der Waals surface area contributed by atoms with E-state index in [0.29, 0.717) is 11.8 Å². The smallest absolute Gasteiger partial charge is 0.190 e. The second kappa shape index (κ2) is 4.22. The van der Waals surface area contributed by atoms with Crippen LogP contribution in [0.15, 0.2) is 53.5 Å².